The molecule has 2 aromatic rings. The van der Waals surface area contributed by atoms with Crippen LogP contribution in [0.1, 0.15) is 31.7 Å². The first-order chi connectivity index (χ1) is 14.5. The van der Waals surface area contributed by atoms with E-state index >= 15 is 0 Å². The van der Waals surface area contributed by atoms with Gasteiger partial charge in [0.05, 0.1) is 18.0 Å². The summed E-state index contributed by atoms with van der Waals surface area (Å²) in [6, 6.07) is 1.94. The zero-order valence-electron chi connectivity index (χ0n) is 16.3. The number of benzene rings is 1. The van der Waals surface area contributed by atoms with E-state index in [0.29, 0.717) is 19.3 Å². The number of carboxylic acid groups (broad SMARTS) is 1. The number of hydrogen-bond acceptors (Lipinski definition) is 4. The van der Waals surface area contributed by atoms with Gasteiger partial charge in [-0.25, -0.2) is 23.9 Å². The van der Waals surface area contributed by atoms with Crippen LogP contribution in [0, 0.1) is 11.7 Å². The number of halogens is 4. The molecule has 1 aromatic carbocycles. The van der Waals surface area contributed by atoms with Gasteiger partial charge in [0.15, 0.2) is 11.6 Å². The molecule has 3 atom stereocenters. The van der Waals surface area contributed by atoms with Crippen LogP contribution in [0.3, 0.4) is 0 Å². The zero-order valence-corrected chi connectivity index (χ0v) is 16.3. The van der Waals surface area contributed by atoms with Gasteiger partial charge in [0.2, 0.25) is 0 Å². The van der Waals surface area contributed by atoms with E-state index in [1.54, 1.807) is 0 Å². The van der Waals surface area contributed by atoms with Crippen molar-refractivity contribution in [2.24, 2.45) is 5.92 Å². The van der Waals surface area contributed by atoms with Gasteiger partial charge in [0.25, 0.3) is 0 Å². The van der Waals surface area contributed by atoms with E-state index in [1.807, 2.05) is 6.92 Å². The number of carbonyl (C=O) groups is 2. The van der Waals surface area contributed by atoms with Crippen LogP contribution in [0.2, 0.25) is 0 Å². The molecule has 1 aromatic heterocycles. The minimum Gasteiger partial charge on any atom is -0.479 e. The summed E-state index contributed by atoms with van der Waals surface area (Å²) in [6.07, 6.45) is -1.92. The highest BCUT2D eigenvalue weighted by Gasteiger charge is 2.63. The second-order valence-electron chi connectivity index (χ2n) is 8.02. The third-order valence-electron chi connectivity index (χ3n) is 5.81. The Kier molecular flexibility index (Phi) is 4.86. The third-order valence-corrected chi connectivity index (χ3v) is 5.81. The van der Waals surface area contributed by atoms with Crippen molar-refractivity contribution >= 4 is 17.7 Å². The van der Waals surface area contributed by atoms with Gasteiger partial charge in [0.1, 0.15) is 5.54 Å². The Morgan fingerprint density at radius 2 is 1.90 bits per heavy atom. The van der Waals surface area contributed by atoms with E-state index in [1.165, 1.54) is 4.90 Å². The van der Waals surface area contributed by atoms with Gasteiger partial charge in [-0.2, -0.15) is 13.2 Å². The molecule has 2 N–H and O–H groups in total. The predicted octanol–water partition coefficient (Wildman–Crippen LogP) is 4.16. The van der Waals surface area contributed by atoms with Gasteiger partial charge >= 0.3 is 18.2 Å². The second-order valence-corrected chi connectivity index (χ2v) is 8.02. The molecular weight excluding hydrogens is 420 g/mol. The Hall–Kier alpha value is -3.24. The molecule has 1 saturated carbocycles. The summed E-state index contributed by atoms with van der Waals surface area (Å²) in [7, 11) is 0. The standard InChI is InChI=1S/C20H18F4N4O3/c1-10-4-13-7-19(6-10,17(29)30)28(13)18(31)27-12-2-3-15(20(22,23)24)14(5-12)16-25-8-11(21)9-26-16/h2-3,5,8-10,13H,4,6-7H2,1H3,(H,27,31)(H,29,30)/t10-,13?,19?/m1/s1. The number of rotatable bonds is 3. The number of piperidine rings is 1. The molecule has 7 nitrogen and oxygen atoms in total. The first-order valence-corrected chi connectivity index (χ1v) is 9.54. The quantitative estimate of drug-likeness (QED) is 0.702. The normalized spacial score (nSPS) is 25.0. The molecule has 5 rings (SSSR count). The van der Waals surface area contributed by atoms with Crippen molar-refractivity contribution in [2.45, 2.75) is 43.9 Å². The number of anilines is 1. The molecule has 0 spiro atoms. The van der Waals surface area contributed by atoms with Crippen LogP contribution in [0.4, 0.5) is 28.0 Å². The summed E-state index contributed by atoms with van der Waals surface area (Å²) in [5, 5.41) is 12.2. The number of aliphatic carboxylic acids is 1. The lowest BCUT2D eigenvalue weighted by atomic mass is 9.64. The van der Waals surface area contributed by atoms with Crippen LogP contribution in [0.25, 0.3) is 11.4 Å². The van der Waals surface area contributed by atoms with Gasteiger partial charge in [-0.05, 0) is 37.0 Å². The maximum atomic E-state index is 13.4. The number of carboxylic acids is 1. The molecule has 2 amide bonds. The second kappa shape index (κ2) is 7.17. The Morgan fingerprint density at radius 3 is 2.52 bits per heavy atom. The van der Waals surface area contributed by atoms with Crippen LogP contribution in [-0.4, -0.2) is 43.6 Å². The molecule has 2 saturated heterocycles. The summed E-state index contributed by atoms with van der Waals surface area (Å²) in [5.41, 5.74) is -2.77. The smallest absolute Gasteiger partial charge is 0.417 e. The number of amides is 2. The number of carbonyl (C=O) groups excluding carboxylic acids is 1. The van der Waals surface area contributed by atoms with Crippen molar-refractivity contribution in [1.82, 2.24) is 14.9 Å². The molecule has 2 bridgehead atoms. The molecule has 11 heteroatoms. The molecule has 2 unspecified atom stereocenters. The highest BCUT2D eigenvalue weighted by Crippen LogP contribution is 2.50. The maximum Gasteiger partial charge on any atom is 0.417 e. The molecule has 0 radical (unpaired) electrons. The lowest BCUT2D eigenvalue weighted by Gasteiger charge is -2.60. The summed E-state index contributed by atoms with van der Waals surface area (Å²) < 4.78 is 53.4. The Labute approximate surface area is 174 Å². The molecule has 1 aliphatic carbocycles. The monoisotopic (exact) mass is 438 g/mol. The molecule has 3 heterocycles. The topological polar surface area (TPSA) is 95.4 Å². The Balaban J connectivity index is 1.65. The minimum absolute atomic E-state index is 0.0134. The number of fused-ring (bicyclic) bond motifs is 2. The molecule has 164 valence electrons. The van der Waals surface area contributed by atoms with Crippen molar-refractivity contribution in [1.29, 1.82) is 0 Å². The van der Waals surface area contributed by atoms with E-state index in [4.69, 9.17) is 0 Å². The molecule has 31 heavy (non-hydrogen) atoms. The van der Waals surface area contributed by atoms with Crippen LogP contribution < -0.4 is 5.32 Å². The van der Waals surface area contributed by atoms with Gasteiger partial charge in [-0.15, -0.1) is 0 Å². The predicted molar refractivity (Wildman–Crippen MR) is 100 cm³/mol. The number of alkyl halides is 3. The minimum atomic E-state index is -4.73. The Morgan fingerprint density at radius 1 is 1.23 bits per heavy atom. The van der Waals surface area contributed by atoms with E-state index < -0.39 is 40.7 Å². The molecular formula is C20H18F4N4O3. The van der Waals surface area contributed by atoms with Gasteiger partial charge < -0.3 is 15.3 Å². The molecule has 3 aliphatic rings. The number of urea groups is 1. The highest BCUT2D eigenvalue weighted by molar-refractivity contribution is 5.96. The van der Waals surface area contributed by atoms with Crippen LogP contribution in [0.5, 0.6) is 0 Å². The largest absolute Gasteiger partial charge is 0.479 e. The highest BCUT2D eigenvalue weighted by atomic mass is 19.4. The van der Waals surface area contributed by atoms with Gasteiger partial charge in [-0.3, -0.25) is 0 Å². The lowest BCUT2D eigenvalue weighted by molar-refractivity contribution is -0.173. The van der Waals surface area contributed by atoms with Crippen molar-refractivity contribution in [2.75, 3.05) is 5.32 Å². The first-order valence-electron chi connectivity index (χ1n) is 9.54. The first kappa shape index (κ1) is 21.0. The summed E-state index contributed by atoms with van der Waals surface area (Å²) in [5.74, 6) is -2.12. The Bertz CT molecular complexity index is 1040. The SMILES string of the molecule is C[C@@H]1CC2CC(C(=O)O)(C1)N2C(=O)Nc1ccc(C(F)(F)F)c(-c2ncc(F)cn2)c1. The van der Waals surface area contributed by atoms with Crippen molar-refractivity contribution in [3.8, 4) is 11.4 Å². The number of nitrogens with zero attached hydrogens (tertiary/aromatic N) is 3. The average molecular weight is 438 g/mol. The molecule has 3 fully saturated rings. The van der Waals surface area contributed by atoms with Crippen molar-refractivity contribution in [3.63, 3.8) is 0 Å². The van der Waals surface area contributed by atoms with Crippen LogP contribution >= 0.6 is 0 Å². The van der Waals surface area contributed by atoms with E-state index in [9.17, 15) is 32.3 Å². The number of aromatic nitrogens is 2. The fourth-order valence-electron chi connectivity index (χ4n) is 4.64. The third kappa shape index (κ3) is 3.57. The summed E-state index contributed by atoms with van der Waals surface area (Å²) >= 11 is 0. The fraction of sp³-hybridized carbons (Fsp3) is 0.400. The molecule has 2 aliphatic heterocycles. The van der Waals surface area contributed by atoms with Crippen molar-refractivity contribution < 1.29 is 32.3 Å². The van der Waals surface area contributed by atoms with E-state index in [-0.39, 0.29) is 23.5 Å². The maximum absolute atomic E-state index is 13.4. The summed E-state index contributed by atoms with van der Waals surface area (Å²) in [4.78, 5) is 33.2. The van der Waals surface area contributed by atoms with Crippen LogP contribution in [0.15, 0.2) is 30.6 Å². The van der Waals surface area contributed by atoms with Gasteiger partial charge in [0, 0.05) is 23.7 Å². The fourth-order valence-corrected chi connectivity index (χ4v) is 4.64. The van der Waals surface area contributed by atoms with Crippen molar-refractivity contribution in [3.05, 3.63) is 42.0 Å². The average Bonchev–Trinajstić information content (AvgIpc) is 2.66. The lowest BCUT2D eigenvalue weighted by Crippen LogP contribution is -2.75. The number of hydrogen-bond donors (Lipinski definition) is 2. The summed E-state index contributed by atoms with van der Waals surface area (Å²) in [6.45, 7) is 1.92. The van der Waals surface area contributed by atoms with Crippen LogP contribution in [-0.2, 0) is 11.0 Å². The van der Waals surface area contributed by atoms with Gasteiger partial charge in [-0.1, -0.05) is 6.92 Å². The zero-order chi connectivity index (χ0) is 22.6. The van der Waals surface area contributed by atoms with E-state index in [2.05, 4.69) is 15.3 Å². The van der Waals surface area contributed by atoms with E-state index in [0.717, 1.165) is 30.6 Å². The number of nitrogens with one attached hydrogen (secondary N) is 1.